The molecule has 0 radical (unpaired) electrons. The van der Waals surface area contributed by atoms with E-state index in [1.807, 2.05) is 56.3 Å². The van der Waals surface area contributed by atoms with Crippen LogP contribution in [0.25, 0.3) is 10.8 Å². The van der Waals surface area contributed by atoms with Crippen molar-refractivity contribution in [2.45, 2.75) is 115 Å². The number of nitrogens with zero attached hydrogens (tertiary/aromatic N) is 3. The first-order chi connectivity index (χ1) is 27.2. The van der Waals surface area contributed by atoms with Gasteiger partial charge in [-0.1, -0.05) is 26.0 Å². The molecule has 6 rings (SSSR count). The summed E-state index contributed by atoms with van der Waals surface area (Å²) >= 11 is 0. The quantitative estimate of drug-likeness (QED) is 0.223. The molecule has 2 aromatic rings. The number of ketones is 1. The minimum Gasteiger partial charge on any atom is -0.494 e. The van der Waals surface area contributed by atoms with Crippen molar-refractivity contribution >= 4 is 50.1 Å². The number of aromatic nitrogens is 1. The van der Waals surface area contributed by atoms with E-state index < -0.39 is 80.0 Å². The molecule has 13 nitrogen and oxygen atoms in total. The fourth-order valence-corrected chi connectivity index (χ4v) is 10.1. The number of hydrogen-bond donors (Lipinski definition) is 1. The van der Waals surface area contributed by atoms with Gasteiger partial charge in [-0.15, -0.1) is 0 Å². The van der Waals surface area contributed by atoms with Gasteiger partial charge in [-0.05, 0) is 95.2 Å². The van der Waals surface area contributed by atoms with Crippen LogP contribution in [0.5, 0.6) is 11.6 Å². The number of esters is 1. The number of hydrogen-bond acceptors (Lipinski definition) is 11. The Morgan fingerprint density at radius 3 is 2.47 bits per heavy atom. The SMILES string of the molecule is COc1cnc(O[C@@H]2C[C@H]3C(=O)C[C@]4(C(=O)NS(=O)(=O)C5(CF)CC5)C[C@H]4/C=C\CC[C@@H](C)C[C@@H](C)[C@H](CC(=O)OC(C)(C)C)C(=O)N3C2)c2ccc(N(C)C)cc12. The molecule has 1 saturated heterocycles. The number of allylic oxidation sites excluding steroid dienone is 2. The second-order valence-corrected chi connectivity index (χ2v) is 20.4. The Bertz CT molecular complexity index is 2060. The molecule has 7 atom stereocenters. The highest BCUT2D eigenvalue weighted by atomic mass is 32.2. The summed E-state index contributed by atoms with van der Waals surface area (Å²) in [5.41, 5.74) is -1.24. The Kier molecular flexibility index (Phi) is 12.3. The van der Waals surface area contributed by atoms with Crippen LogP contribution in [-0.4, -0.2) is 98.8 Å². The Labute approximate surface area is 341 Å². The van der Waals surface area contributed by atoms with Gasteiger partial charge in [0.1, 0.15) is 28.9 Å². The number of ether oxygens (including phenoxy) is 3. The van der Waals surface area contributed by atoms with Crippen molar-refractivity contribution in [2.24, 2.45) is 29.1 Å². The second kappa shape index (κ2) is 16.4. The van der Waals surface area contributed by atoms with E-state index >= 15 is 0 Å². The molecular formula is C43H59FN4O9S. The number of pyridine rings is 1. The number of carbonyl (C=O) groups excluding carboxylic acids is 4. The molecule has 15 heteroatoms. The number of rotatable bonds is 10. The van der Waals surface area contributed by atoms with Crippen LogP contribution < -0.4 is 19.1 Å². The maximum Gasteiger partial charge on any atom is 0.307 e. The summed E-state index contributed by atoms with van der Waals surface area (Å²) in [5.74, 6) is -2.67. The molecule has 0 spiro atoms. The van der Waals surface area contributed by atoms with Gasteiger partial charge in [0.05, 0.1) is 43.6 Å². The number of Topliss-reactive ketones (excluding diaryl/α,β-unsaturated/α-hetero) is 1. The van der Waals surface area contributed by atoms with Gasteiger partial charge in [-0.3, -0.25) is 23.9 Å². The molecule has 1 aromatic heterocycles. The molecule has 4 aliphatic rings. The average Bonchev–Trinajstić information content (AvgIpc) is 4.05. The van der Waals surface area contributed by atoms with Crippen LogP contribution in [0.3, 0.4) is 0 Å². The molecule has 1 N–H and O–H groups in total. The number of alkyl halides is 1. The first-order valence-electron chi connectivity index (χ1n) is 20.4. The molecule has 1 aromatic carbocycles. The Morgan fingerprint density at radius 2 is 1.83 bits per heavy atom. The summed E-state index contributed by atoms with van der Waals surface area (Å²) in [6.07, 6.45) is 6.77. The minimum absolute atomic E-state index is 0.00322. The molecule has 3 fully saturated rings. The number of fused-ring (bicyclic) bond motifs is 3. The van der Waals surface area contributed by atoms with Crippen molar-refractivity contribution in [2.75, 3.05) is 39.3 Å². The second-order valence-electron chi connectivity index (χ2n) is 18.3. The number of halogens is 1. The average molecular weight is 827 g/mol. The van der Waals surface area contributed by atoms with Crippen molar-refractivity contribution in [1.82, 2.24) is 14.6 Å². The highest BCUT2D eigenvalue weighted by Crippen LogP contribution is 2.58. The monoisotopic (exact) mass is 826 g/mol. The Hall–Kier alpha value is -4.27. The Balaban J connectivity index is 1.36. The van der Waals surface area contributed by atoms with E-state index in [2.05, 4.69) is 16.6 Å². The van der Waals surface area contributed by atoms with Crippen LogP contribution in [0.1, 0.15) is 92.4 Å². The first kappa shape index (κ1) is 43.3. The smallest absolute Gasteiger partial charge is 0.307 e. The van der Waals surface area contributed by atoms with Gasteiger partial charge in [-0.25, -0.2) is 17.8 Å². The first-order valence-corrected chi connectivity index (χ1v) is 21.9. The maximum atomic E-state index is 14.9. The van der Waals surface area contributed by atoms with Gasteiger partial charge < -0.3 is 24.0 Å². The molecule has 58 heavy (non-hydrogen) atoms. The minimum atomic E-state index is -4.34. The lowest BCUT2D eigenvalue weighted by molar-refractivity contribution is -0.160. The predicted octanol–water partition coefficient (Wildman–Crippen LogP) is 5.93. The van der Waals surface area contributed by atoms with E-state index in [4.69, 9.17) is 14.2 Å². The Morgan fingerprint density at radius 1 is 1.10 bits per heavy atom. The highest BCUT2D eigenvalue weighted by molar-refractivity contribution is 7.91. The van der Waals surface area contributed by atoms with E-state index in [9.17, 15) is 32.0 Å². The third kappa shape index (κ3) is 8.98. The van der Waals surface area contributed by atoms with Crippen LogP contribution in [0, 0.1) is 29.1 Å². The van der Waals surface area contributed by atoms with E-state index in [-0.39, 0.29) is 62.8 Å². The zero-order valence-electron chi connectivity index (χ0n) is 35.0. The number of benzene rings is 1. The summed E-state index contributed by atoms with van der Waals surface area (Å²) in [7, 11) is 1.07. The zero-order valence-corrected chi connectivity index (χ0v) is 35.8. The van der Waals surface area contributed by atoms with Crippen molar-refractivity contribution in [3.63, 3.8) is 0 Å². The van der Waals surface area contributed by atoms with Gasteiger partial charge in [0.15, 0.2) is 5.78 Å². The van der Waals surface area contributed by atoms with Crippen molar-refractivity contribution in [3.8, 4) is 11.6 Å². The van der Waals surface area contributed by atoms with E-state index in [0.29, 0.717) is 24.0 Å². The van der Waals surface area contributed by atoms with Gasteiger partial charge in [0.25, 0.3) is 0 Å². The highest BCUT2D eigenvalue weighted by Gasteiger charge is 2.63. The molecule has 3 heterocycles. The summed E-state index contributed by atoms with van der Waals surface area (Å²) in [4.78, 5) is 65.0. The van der Waals surface area contributed by atoms with E-state index in [1.54, 1.807) is 34.1 Å². The standard InChI is InChI=1S/C43H59FN4O9S/c1-26-11-9-10-12-28-21-43(28,40(52)46-58(53,54)42(25-44)15-16-42)22-35(49)34-19-30(24-48(34)39(51)32(27(2)17-26)20-37(50)57-41(3,4)5)56-38-31-14-13-29(47(6)7)18-33(31)36(55-8)23-45-38/h10,12-14,18,23,26-28,30,32,34H,9,11,15-17,19-22,24-25H2,1-8H3,(H,46,52)/b12-10-/t26-,27-,28-,30-,32+,34+,43-/m1/s1. The summed E-state index contributed by atoms with van der Waals surface area (Å²) in [6.45, 7) is 8.24. The summed E-state index contributed by atoms with van der Waals surface area (Å²) < 4.78 is 58.8. The molecule has 0 bridgehead atoms. The third-order valence-electron chi connectivity index (χ3n) is 12.4. The van der Waals surface area contributed by atoms with Crippen molar-refractivity contribution < 1.29 is 46.2 Å². The summed E-state index contributed by atoms with van der Waals surface area (Å²) in [5, 5.41) is 1.43. The number of amides is 2. The molecule has 318 valence electrons. The zero-order chi connectivity index (χ0) is 42.4. The molecule has 2 saturated carbocycles. The van der Waals surface area contributed by atoms with Crippen LogP contribution in [0.4, 0.5) is 10.1 Å². The van der Waals surface area contributed by atoms with E-state index in [1.165, 1.54) is 4.90 Å². The molecule has 2 aliphatic carbocycles. The number of carbonyl (C=O) groups is 4. The van der Waals surface area contributed by atoms with Crippen LogP contribution >= 0.6 is 0 Å². The number of anilines is 1. The van der Waals surface area contributed by atoms with Crippen molar-refractivity contribution in [3.05, 3.63) is 36.5 Å². The van der Waals surface area contributed by atoms with Crippen LogP contribution in [0.2, 0.25) is 0 Å². The van der Waals surface area contributed by atoms with Crippen LogP contribution in [0.15, 0.2) is 36.5 Å². The lowest BCUT2D eigenvalue weighted by Crippen LogP contribution is -2.48. The number of methoxy groups -OCH3 is 1. The predicted molar refractivity (Wildman–Crippen MR) is 218 cm³/mol. The lowest BCUT2D eigenvalue weighted by Gasteiger charge is -2.32. The molecule has 2 amide bonds. The maximum absolute atomic E-state index is 14.9. The lowest BCUT2D eigenvalue weighted by atomic mass is 9.82. The fourth-order valence-electron chi connectivity index (χ4n) is 8.67. The normalized spacial score (nSPS) is 29.3. The topological polar surface area (TPSA) is 162 Å². The van der Waals surface area contributed by atoms with Crippen LogP contribution in [-0.2, 0) is 33.9 Å². The van der Waals surface area contributed by atoms with E-state index in [0.717, 1.165) is 17.5 Å². The third-order valence-corrected chi connectivity index (χ3v) is 14.5. The molecule has 2 aliphatic heterocycles. The largest absolute Gasteiger partial charge is 0.494 e. The molecular weight excluding hydrogens is 768 g/mol. The number of nitrogens with one attached hydrogen (secondary N) is 1. The van der Waals surface area contributed by atoms with Gasteiger partial charge in [0.2, 0.25) is 27.7 Å². The van der Waals surface area contributed by atoms with Gasteiger partial charge >= 0.3 is 5.97 Å². The fraction of sp³-hybridized carbons (Fsp3) is 0.651. The number of sulfonamides is 1. The molecule has 0 unspecified atom stereocenters. The van der Waals surface area contributed by atoms with Gasteiger partial charge in [0, 0.05) is 43.4 Å². The summed E-state index contributed by atoms with van der Waals surface area (Å²) in [6, 6.07) is 4.72. The van der Waals surface area contributed by atoms with Gasteiger partial charge in [-0.2, -0.15) is 0 Å². The van der Waals surface area contributed by atoms with Crippen molar-refractivity contribution in [1.29, 1.82) is 0 Å².